The maximum atomic E-state index is 3.66. The maximum Gasteiger partial charge on any atom is 0.0357 e. The second-order valence-corrected chi connectivity index (χ2v) is 7.14. The fourth-order valence-electron chi connectivity index (χ4n) is 4.90. The zero-order valence-electron chi connectivity index (χ0n) is 13.9. The third-order valence-electron chi connectivity index (χ3n) is 6.54. The first-order valence-electron chi connectivity index (χ1n) is 8.23. The van der Waals surface area contributed by atoms with Gasteiger partial charge in [-0.1, -0.05) is 6.42 Å². The molecule has 3 unspecified atom stereocenters. The average Bonchev–Trinajstić information content (AvgIpc) is 2.90. The molecular formula is C19H29N. The average molecular weight is 271 g/mol. The SMILES string of the molecule is CNC(c1c(C)c(C)c(C)c(C)c1C)C1C2CCCC21. The molecule has 1 N–H and O–H groups in total. The summed E-state index contributed by atoms with van der Waals surface area (Å²) < 4.78 is 0. The molecule has 110 valence electrons. The fourth-order valence-corrected chi connectivity index (χ4v) is 4.90. The molecule has 1 heteroatoms. The monoisotopic (exact) mass is 271 g/mol. The highest BCUT2D eigenvalue weighted by atomic mass is 14.9. The van der Waals surface area contributed by atoms with Gasteiger partial charge in [0.25, 0.3) is 0 Å². The molecule has 3 atom stereocenters. The Balaban J connectivity index is 2.04. The van der Waals surface area contributed by atoms with Gasteiger partial charge in [0.15, 0.2) is 0 Å². The standard InChI is InChI=1S/C19H29N/c1-10-11(2)13(4)17(14(5)12(10)3)19(20-6)18-15-8-7-9-16(15)18/h15-16,18-20H,7-9H2,1-6H3. The van der Waals surface area contributed by atoms with Crippen LogP contribution in [0.3, 0.4) is 0 Å². The topological polar surface area (TPSA) is 12.0 Å². The van der Waals surface area contributed by atoms with E-state index >= 15 is 0 Å². The van der Waals surface area contributed by atoms with Gasteiger partial charge in [-0.05, 0) is 106 Å². The molecule has 0 amide bonds. The quantitative estimate of drug-likeness (QED) is 0.851. The lowest BCUT2D eigenvalue weighted by molar-refractivity contribution is 0.441. The minimum Gasteiger partial charge on any atom is -0.313 e. The first-order chi connectivity index (χ1) is 9.49. The van der Waals surface area contributed by atoms with E-state index in [1.807, 2.05) is 0 Å². The highest BCUT2D eigenvalue weighted by Gasteiger charge is 2.56. The van der Waals surface area contributed by atoms with Gasteiger partial charge < -0.3 is 5.32 Å². The minimum atomic E-state index is 0.572. The molecule has 1 aromatic rings. The summed E-state index contributed by atoms with van der Waals surface area (Å²) in [4.78, 5) is 0. The number of benzene rings is 1. The molecule has 0 heterocycles. The normalized spacial score (nSPS) is 29.4. The molecule has 0 radical (unpaired) electrons. The summed E-state index contributed by atoms with van der Waals surface area (Å²) in [5, 5.41) is 3.66. The van der Waals surface area contributed by atoms with Crippen molar-refractivity contribution >= 4 is 0 Å². The minimum absolute atomic E-state index is 0.572. The van der Waals surface area contributed by atoms with E-state index in [2.05, 4.69) is 47.0 Å². The number of rotatable bonds is 3. The third-order valence-corrected chi connectivity index (χ3v) is 6.54. The summed E-state index contributed by atoms with van der Waals surface area (Å²) >= 11 is 0. The van der Waals surface area contributed by atoms with Crippen molar-refractivity contribution in [3.05, 3.63) is 33.4 Å². The van der Waals surface area contributed by atoms with Crippen LogP contribution in [-0.4, -0.2) is 7.05 Å². The molecule has 3 rings (SSSR count). The zero-order chi connectivity index (χ0) is 14.6. The van der Waals surface area contributed by atoms with E-state index in [1.54, 1.807) is 5.56 Å². The molecule has 0 aromatic heterocycles. The summed E-state index contributed by atoms with van der Waals surface area (Å²) in [6.07, 6.45) is 4.40. The highest BCUT2D eigenvalue weighted by molar-refractivity contribution is 5.51. The number of nitrogens with one attached hydrogen (secondary N) is 1. The third kappa shape index (κ3) is 1.86. The van der Waals surface area contributed by atoms with Gasteiger partial charge in [-0.3, -0.25) is 0 Å². The molecule has 2 fully saturated rings. The first-order valence-corrected chi connectivity index (χ1v) is 8.23. The fraction of sp³-hybridized carbons (Fsp3) is 0.684. The Kier molecular flexibility index (Phi) is 3.44. The van der Waals surface area contributed by atoms with E-state index in [0.717, 1.165) is 17.8 Å². The molecule has 2 aliphatic rings. The van der Waals surface area contributed by atoms with Crippen molar-refractivity contribution in [3.63, 3.8) is 0 Å². The van der Waals surface area contributed by atoms with E-state index in [4.69, 9.17) is 0 Å². The van der Waals surface area contributed by atoms with E-state index in [0.29, 0.717) is 6.04 Å². The van der Waals surface area contributed by atoms with E-state index in [9.17, 15) is 0 Å². The summed E-state index contributed by atoms with van der Waals surface area (Å²) in [6.45, 7) is 11.5. The summed E-state index contributed by atoms with van der Waals surface area (Å²) in [6, 6.07) is 0.572. The molecule has 0 saturated heterocycles. The Labute approximate surface area is 124 Å². The molecule has 20 heavy (non-hydrogen) atoms. The van der Waals surface area contributed by atoms with E-state index in [1.165, 1.54) is 47.1 Å². The van der Waals surface area contributed by atoms with Gasteiger partial charge in [-0.2, -0.15) is 0 Å². The van der Waals surface area contributed by atoms with Crippen LogP contribution in [-0.2, 0) is 0 Å². The molecule has 1 aromatic carbocycles. The van der Waals surface area contributed by atoms with E-state index in [-0.39, 0.29) is 0 Å². The van der Waals surface area contributed by atoms with Crippen molar-refractivity contribution in [1.82, 2.24) is 5.32 Å². The number of hydrogen-bond acceptors (Lipinski definition) is 1. The molecule has 2 saturated carbocycles. The van der Waals surface area contributed by atoms with Crippen LogP contribution in [0.25, 0.3) is 0 Å². The molecule has 0 aliphatic heterocycles. The molecule has 2 aliphatic carbocycles. The Hall–Kier alpha value is -0.820. The van der Waals surface area contributed by atoms with Crippen molar-refractivity contribution in [1.29, 1.82) is 0 Å². The largest absolute Gasteiger partial charge is 0.313 e. The second-order valence-electron chi connectivity index (χ2n) is 7.14. The van der Waals surface area contributed by atoms with Crippen molar-refractivity contribution in [3.8, 4) is 0 Å². The smallest absolute Gasteiger partial charge is 0.0357 e. The Morgan fingerprint density at radius 1 is 0.800 bits per heavy atom. The summed E-state index contributed by atoms with van der Waals surface area (Å²) in [5.41, 5.74) is 9.12. The Morgan fingerprint density at radius 2 is 1.25 bits per heavy atom. The molecule has 0 bridgehead atoms. The van der Waals surface area contributed by atoms with Crippen LogP contribution in [0.4, 0.5) is 0 Å². The van der Waals surface area contributed by atoms with Gasteiger partial charge in [0.05, 0.1) is 0 Å². The Morgan fingerprint density at radius 3 is 1.70 bits per heavy atom. The Bertz CT molecular complexity index is 504. The van der Waals surface area contributed by atoms with Crippen LogP contribution in [0.5, 0.6) is 0 Å². The van der Waals surface area contributed by atoms with Gasteiger partial charge in [0, 0.05) is 6.04 Å². The molecule has 0 spiro atoms. The van der Waals surface area contributed by atoms with Gasteiger partial charge in [0.2, 0.25) is 0 Å². The summed E-state index contributed by atoms with van der Waals surface area (Å²) in [7, 11) is 2.15. The van der Waals surface area contributed by atoms with Gasteiger partial charge in [-0.25, -0.2) is 0 Å². The van der Waals surface area contributed by atoms with Crippen LogP contribution in [0.1, 0.15) is 58.7 Å². The van der Waals surface area contributed by atoms with Crippen molar-refractivity contribution in [2.75, 3.05) is 7.05 Å². The van der Waals surface area contributed by atoms with Crippen molar-refractivity contribution < 1.29 is 0 Å². The number of hydrogen-bond donors (Lipinski definition) is 1. The van der Waals surface area contributed by atoms with Gasteiger partial charge >= 0.3 is 0 Å². The van der Waals surface area contributed by atoms with Crippen LogP contribution in [0, 0.1) is 52.4 Å². The highest BCUT2D eigenvalue weighted by Crippen LogP contribution is 2.62. The lowest BCUT2D eigenvalue weighted by Gasteiger charge is -2.27. The summed E-state index contributed by atoms with van der Waals surface area (Å²) in [5.74, 6) is 2.91. The molecule has 1 nitrogen and oxygen atoms in total. The second kappa shape index (κ2) is 4.87. The van der Waals surface area contributed by atoms with Crippen LogP contribution >= 0.6 is 0 Å². The van der Waals surface area contributed by atoms with Crippen molar-refractivity contribution in [2.24, 2.45) is 17.8 Å². The zero-order valence-corrected chi connectivity index (χ0v) is 13.9. The van der Waals surface area contributed by atoms with Gasteiger partial charge in [-0.15, -0.1) is 0 Å². The van der Waals surface area contributed by atoms with Gasteiger partial charge in [0.1, 0.15) is 0 Å². The maximum absolute atomic E-state index is 3.66. The van der Waals surface area contributed by atoms with E-state index < -0.39 is 0 Å². The van der Waals surface area contributed by atoms with Crippen molar-refractivity contribution in [2.45, 2.75) is 59.9 Å². The van der Waals surface area contributed by atoms with Crippen LogP contribution in [0.2, 0.25) is 0 Å². The lowest BCUT2D eigenvalue weighted by Crippen LogP contribution is -2.23. The predicted molar refractivity (Wildman–Crippen MR) is 86.2 cm³/mol. The predicted octanol–water partition coefficient (Wildman–Crippen LogP) is 4.54. The molecular weight excluding hydrogens is 242 g/mol. The lowest BCUT2D eigenvalue weighted by atomic mass is 9.83. The first kappa shape index (κ1) is 14.1. The number of fused-ring (bicyclic) bond motifs is 1. The van der Waals surface area contributed by atoms with Crippen LogP contribution in [0.15, 0.2) is 0 Å². The van der Waals surface area contributed by atoms with Crippen LogP contribution < -0.4 is 5.32 Å².